The number of hydrogen-bond acceptors (Lipinski definition) is 4. The molecule has 1 N–H and O–H groups in total. The molecule has 0 spiro atoms. The van der Waals surface area contributed by atoms with Gasteiger partial charge in [0.1, 0.15) is 5.60 Å². The van der Waals surface area contributed by atoms with Gasteiger partial charge < -0.3 is 19.7 Å². The van der Waals surface area contributed by atoms with Gasteiger partial charge in [0.2, 0.25) is 0 Å². The zero-order chi connectivity index (χ0) is 16.4. The van der Waals surface area contributed by atoms with Crippen LogP contribution in [0.4, 0.5) is 4.79 Å². The lowest BCUT2D eigenvalue weighted by molar-refractivity contribution is 0.0278. The smallest absolute Gasteiger partial charge is 0.410 e. The molecule has 3 rings (SSSR count). The first-order chi connectivity index (χ1) is 10.9. The normalized spacial score (nSPS) is 32.1. The third-order valence-corrected chi connectivity index (χ3v) is 5.44. The summed E-state index contributed by atoms with van der Waals surface area (Å²) in [5.74, 6) is 2.08. The number of carbonyl (C=O) groups excluding carboxylic acids is 1. The molecule has 0 aromatic heterocycles. The van der Waals surface area contributed by atoms with Gasteiger partial charge in [-0.1, -0.05) is 0 Å². The number of hydrogen-bond donors (Lipinski definition) is 1. The molecule has 0 bridgehead atoms. The average Bonchev–Trinajstić information content (AvgIpc) is 3.02. The Morgan fingerprint density at radius 2 is 1.78 bits per heavy atom. The molecular formula is C18H32N2O3. The van der Waals surface area contributed by atoms with E-state index in [1.807, 2.05) is 25.7 Å². The van der Waals surface area contributed by atoms with Gasteiger partial charge in [-0.15, -0.1) is 0 Å². The highest BCUT2D eigenvalue weighted by molar-refractivity contribution is 5.68. The molecule has 1 aliphatic carbocycles. The molecule has 2 saturated heterocycles. The summed E-state index contributed by atoms with van der Waals surface area (Å²) in [5.41, 5.74) is -0.400. The fourth-order valence-corrected chi connectivity index (χ4v) is 4.23. The van der Waals surface area contributed by atoms with Gasteiger partial charge in [-0.3, -0.25) is 0 Å². The number of carbonyl (C=O) groups is 1. The minimum Gasteiger partial charge on any atom is -0.444 e. The van der Waals surface area contributed by atoms with Crippen molar-refractivity contribution in [1.82, 2.24) is 10.2 Å². The van der Waals surface area contributed by atoms with Crippen molar-refractivity contribution in [3.8, 4) is 0 Å². The van der Waals surface area contributed by atoms with Crippen LogP contribution in [0.5, 0.6) is 0 Å². The molecule has 1 saturated carbocycles. The van der Waals surface area contributed by atoms with Crippen LogP contribution in [0.2, 0.25) is 0 Å². The monoisotopic (exact) mass is 324 g/mol. The molecule has 5 nitrogen and oxygen atoms in total. The number of amides is 1. The van der Waals surface area contributed by atoms with E-state index in [0.29, 0.717) is 17.9 Å². The molecule has 1 amide bonds. The van der Waals surface area contributed by atoms with Crippen molar-refractivity contribution in [2.45, 2.75) is 58.1 Å². The van der Waals surface area contributed by atoms with Gasteiger partial charge >= 0.3 is 6.09 Å². The Morgan fingerprint density at radius 3 is 2.35 bits per heavy atom. The lowest BCUT2D eigenvalue weighted by atomic mass is 10.00. The minimum absolute atomic E-state index is 0.140. The minimum atomic E-state index is -0.400. The molecule has 0 aromatic rings. The van der Waals surface area contributed by atoms with Crippen LogP contribution in [-0.2, 0) is 9.47 Å². The van der Waals surface area contributed by atoms with Crippen molar-refractivity contribution in [2.75, 3.05) is 32.8 Å². The summed E-state index contributed by atoms with van der Waals surface area (Å²) in [7, 11) is 0. The van der Waals surface area contributed by atoms with Crippen LogP contribution in [0.25, 0.3) is 0 Å². The summed E-state index contributed by atoms with van der Waals surface area (Å²) in [4.78, 5) is 14.1. The summed E-state index contributed by atoms with van der Waals surface area (Å²) in [6.45, 7) is 10.5. The number of nitrogens with zero attached hydrogens (tertiary/aromatic N) is 1. The van der Waals surface area contributed by atoms with Gasteiger partial charge in [-0.05, 0) is 70.8 Å². The van der Waals surface area contributed by atoms with Crippen molar-refractivity contribution in [1.29, 1.82) is 0 Å². The predicted molar refractivity (Wildman–Crippen MR) is 89.4 cm³/mol. The van der Waals surface area contributed by atoms with Crippen molar-refractivity contribution >= 4 is 6.09 Å². The topological polar surface area (TPSA) is 50.8 Å². The van der Waals surface area contributed by atoms with Crippen molar-refractivity contribution in [3.05, 3.63) is 0 Å². The predicted octanol–water partition coefficient (Wildman–Crippen LogP) is 2.65. The van der Waals surface area contributed by atoms with E-state index in [1.54, 1.807) is 0 Å². The summed E-state index contributed by atoms with van der Waals surface area (Å²) in [5, 5.41) is 3.77. The fourth-order valence-electron chi connectivity index (χ4n) is 4.23. The van der Waals surface area contributed by atoms with Crippen LogP contribution in [-0.4, -0.2) is 55.5 Å². The molecule has 0 radical (unpaired) electrons. The van der Waals surface area contributed by atoms with E-state index >= 15 is 0 Å². The molecular weight excluding hydrogens is 292 g/mol. The van der Waals surface area contributed by atoms with Crippen LogP contribution < -0.4 is 5.32 Å². The van der Waals surface area contributed by atoms with Crippen LogP contribution >= 0.6 is 0 Å². The van der Waals surface area contributed by atoms with Crippen molar-refractivity contribution in [3.63, 3.8) is 0 Å². The van der Waals surface area contributed by atoms with E-state index in [9.17, 15) is 4.79 Å². The van der Waals surface area contributed by atoms with Crippen LogP contribution in [0, 0.1) is 17.8 Å². The van der Waals surface area contributed by atoms with Crippen LogP contribution in [0.3, 0.4) is 0 Å². The van der Waals surface area contributed by atoms with Crippen molar-refractivity contribution in [2.24, 2.45) is 17.8 Å². The number of fused-ring (bicyclic) bond motifs is 1. The molecule has 3 atom stereocenters. The Kier molecular flexibility index (Phi) is 5.16. The molecule has 0 aromatic carbocycles. The summed E-state index contributed by atoms with van der Waals surface area (Å²) < 4.78 is 10.9. The number of nitrogens with one attached hydrogen (secondary N) is 1. The Morgan fingerprint density at radius 1 is 1.17 bits per heavy atom. The van der Waals surface area contributed by atoms with Crippen molar-refractivity contribution < 1.29 is 14.3 Å². The van der Waals surface area contributed by atoms with Gasteiger partial charge in [-0.2, -0.15) is 0 Å². The lowest BCUT2D eigenvalue weighted by Crippen LogP contribution is -2.38. The highest BCUT2D eigenvalue weighted by atomic mass is 16.6. The Bertz CT molecular complexity index is 401. The molecule has 2 heterocycles. The third kappa shape index (κ3) is 4.60. The van der Waals surface area contributed by atoms with Crippen LogP contribution in [0.15, 0.2) is 0 Å². The maximum Gasteiger partial charge on any atom is 0.410 e. The highest BCUT2D eigenvalue weighted by Crippen LogP contribution is 2.38. The lowest BCUT2D eigenvalue weighted by Gasteiger charge is -2.26. The number of ether oxygens (including phenoxy) is 2. The largest absolute Gasteiger partial charge is 0.444 e. The molecule has 2 aliphatic heterocycles. The van der Waals surface area contributed by atoms with Gasteiger partial charge in [-0.25, -0.2) is 4.79 Å². The van der Waals surface area contributed by atoms with E-state index in [2.05, 4.69) is 5.32 Å². The van der Waals surface area contributed by atoms with E-state index in [0.717, 1.165) is 38.8 Å². The Hall–Kier alpha value is -0.810. The van der Waals surface area contributed by atoms with E-state index < -0.39 is 5.60 Å². The molecule has 132 valence electrons. The SMILES string of the molecule is CC(C)(C)OC(=O)N1C[C@H]2C[C@@H](NCC3CCOCC3)C[C@H]2C1. The second kappa shape index (κ2) is 6.98. The van der Waals surface area contributed by atoms with Gasteiger partial charge in [0.15, 0.2) is 0 Å². The number of likely N-dealkylation sites (tertiary alicyclic amines) is 1. The van der Waals surface area contributed by atoms with E-state index in [-0.39, 0.29) is 6.09 Å². The molecule has 3 aliphatic rings. The standard InChI is InChI=1S/C18H32N2O3/c1-18(2,3)23-17(21)20-11-14-8-16(9-15(14)12-20)19-10-13-4-6-22-7-5-13/h13-16,19H,4-12H2,1-3H3/t14-,15+,16-. The Balaban J connectivity index is 1.40. The van der Waals surface area contributed by atoms with Crippen LogP contribution in [0.1, 0.15) is 46.5 Å². The maximum atomic E-state index is 12.2. The highest BCUT2D eigenvalue weighted by Gasteiger charge is 2.43. The summed E-state index contributed by atoms with van der Waals surface area (Å²) in [6.07, 6.45) is 4.65. The van der Waals surface area contributed by atoms with Gasteiger partial charge in [0, 0.05) is 32.3 Å². The second-order valence-corrected chi connectivity index (χ2v) is 8.54. The number of rotatable bonds is 3. The summed E-state index contributed by atoms with van der Waals surface area (Å²) >= 11 is 0. The first kappa shape index (κ1) is 17.0. The maximum absolute atomic E-state index is 12.2. The second-order valence-electron chi connectivity index (χ2n) is 8.54. The zero-order valence-corrected chi connectivity index (χ0v) is 14.8. The molecule has 0 unspecified atom stereocenters. The fraction of sp³-hybridized carbons (Fsp3) is 0.944. The third-order valence-electron chi connectivity index (χ3n) is 5.44. The molecule has 5 heteroatoms. The van der Waals surface area contributed by atoms with Gasteiger partial charge in [0.25, 0.3) is 0 Å². The van der Waals surface area contributed by atoms with Gasteiger partial charge in [0.05, 0.1) is 0 Å². The van der Waals surface area contributed by atoms with E-state index in [1.165, 1.54) is 25.7 Å². The quantitative estimate of drug-likeness (QED) is 0.867. The molecule has 3 fully saturated rings. The average molecular weight is 324 g/mol. The first-order valence-corrected chi connectivity index (χ1v) is 9.20. The van der Waals surface area contributed by atoms with E-state index in [4.69, 9.17) is 9.47 Å². The summed E-state index contributed by atoms with van der Waals surface area (Å²) in [6, 6.07) is 0.633. The Labute approximate surface area is 140 Å². The first-order valence-electron chi connectivity index (χ1n) is 9.20. The zero-order valence-electron chi connectivity index (χ0n) is 14.8. The molecule has 23 heavy (non-hydrogen) atoms.